The van der Waals surface area contributed by atoms with E-state index >= 15 is 0 Å². The van der Waals surface area contributed by atoms with Crippen LogP contribution in [-0.2, 0) is 14.8 Å². The van der Waals surface area contributed by atoms with Crippen LogP contribution >= 0.6 is 0 Å². The summed E-state index contributed by atoms with van der Waals surface area (Å²) in [6.07, 6.45) is 2.79. The van der Waals surface area contributed by atoms with E-state index in [1.807, 2.05) is 4.98 Å². The Balaban J connectivity index is 1.86. The minimum atomic E-state index is -3.97. The first-order valence-electron chi connectivity index (χ1n) is 6.63. The Kier molecular flexibility index (Phi) is 5.28. The molecule has 21 heavy (non-hydrogen) atoms. The Labute approximate surface area is 121 Å². The van der Waals surface area contributed by atoms with Gasteiger partial charge in [0.1, 0.15) is 0 Å². The zero-order valence-electron chi connectivity index (χ0n) is 11.3. The molecule has 1 fully saturated rings. The summed E-state index contributed by atoms with van der Waals surface area (Å²) in [4.78, 5) is 25.7. The minimum absolute atomic E-state index is 0.0603. The number of piperidine rings is 1. The van der Waals surface area contributed by atoms with Gasteiger partial charge in [0.25, 0.3) is 5.56 Å². The number of rotatable bonds is 6. The van der Waals surface area contributed by atoms with Gasteiger partial charge in [0.05, 0.1) is 12.7 Å². The Morgan fingerprint density at radius 3 is 2.67 bits per heavy atom. The van der Waals surface area contributed by atoms with Gasteiger partial charge in [-0.05, 0) is 25.9 Å². The van der Waals surface area contributed by atoms with Gasteiger partial charge in [-0.3, -0.25) is 9.78 Å². The predicted octanol–water partition coefficient (Wildman–Crippen LogP) is -1.89. The fourth-order valence-corrected chi connectivity index (χ4v) is 3.06. The van der Waals surface area contributed by atoms with Crippen molar-refractivity contribution in [3.63, 3.8) is 0 Å². The first kappa shape index (κ1) is 15.9. The van der Waals surface area contributed by atoms with Gasteiger partial charge in [-0.25, -0.2) is 17.9 Å². The largest absolute Gasteiger partial charge is 0.377 e. The Morgan fingerprint density at radius 1 is 1.29 bits per heavy atom. The van der Waals surface area contributed by atoms with Gasteiger partial charge in [-0.1, -0.05) is 0 Å². The monoisotopic (exact) mass is 318 g/mol. The standard InChI is InChI=1S/C11H18N4O5S/c16-10-9(7-13-11(17)15-10)21(18,19)14-5-6-20-8-1-3-12-4-2-8/h7-8,12,14H,1-6H2,(H2,13,15,16,17). The van der Waals surface area contributed by atoms with E-state index in [1.165, 1.54) is 0 Å². The van der Waals surface area contributed by atoms with Crippen LogP contribution in [0.2, 0.25) is 0 Å². The summed E-state index contributed by atoms with van der Waals surface area (Å²) >= 11 is 0. The molecule has 9 nitrogen and oxygen atoms in total. The van der Waals surface area contributed by atoms with Crippen LogP contribution in [0.15, 0.2) is 20.7 Å². The maximum absolute atomic E-state index is 11.9. The summed E-state index contributed by atoms with van der Waals surface area (Å²) in [6, 6.07) is 0. The third-order valence-corrected chi connectivity index (χ3v) is 4.58. The molecule has 1 aliphatic heterocycles. The van der Waals surface area contributed by atoms with E-state index < -0.39 is 26.2 Å². The van der Waals surface area contributed by atoms with Crippen molar-refractivity contribution in [3.8, 4) is 0 Å². The average Bonchev–Trinajstić information content (AvgIpc) is 2.44. The molecule has 2 rings (SSSR count). The Morgan fingerprint density at radius 2 is 2.00 bits per heavy atom. The van der Waals surface area contributed by atoms with Crippen LogP contribution in [0, 0.1) is 0 Å². The molecule has 0 aromatic carbocycles. The molecule has 1 aromatic heterocycles. The number of hydrogen-bond donors (Lipinski definition) is 4. The molecule has 0 radical (unpaired) electrons. The van der Waals surface area contributed by atoms with E-state index in [-0.39, 0.29) is 19.3 Å². The maximum Gasteiger partial charge on any atom is 0.325 e. The zero-order valence-corrected chi connectivity index (χ0v) is 12.2. The van der Waals surface area contributed by atoms with Crippen LogP contribution in [0.5, 0.6) is 0 Å². The number of hydrogen-bond acceptors (Lipinski definition) is 6. The van der Waals surface area contributed by atoms with Gasteiger partial charge in [-0.15, -0.1) is 0 Å². The number of H-pyrrole nitrogens is 2. The van der Waals surface area contributed by atoms with Crippen molar-refractivity contribution >= 4 is 10.0 Å². The van der Waals surface area contributed by atoms with Gasteiger partial charge in [0.2, 0.25) is 10.0 Å². The molecule has 0 bridgehead atoms. The third-order valence-electron chi connectivity index (χ3n) is 3.11. The van der Waals surface area contributed by atoms with Crippen LogP contribution in [0.25, 0.3) is 0 Å². The van der Waals surface area contributed by atoms with Crippen molar-refractivity contribution in [1.82, 2.24) is 20.0 Å². The van der Waals surface area contributed by atoms with E-state index in [1.54, 1.807) is 0 Å². The van der Waals surface area contributed by atoms with Gasteiger partial charge in [-0.2, -0.15) is 0 Å². The van der Waals surface area contributed by atoms with Crippen molar-refractivity contribution in [3.05, 3.63) is 27.0 Å². The number of aromatic amines is 2. The SMILES string of the molecule is O=c1[nH]cc(S(=O)(=O)NCCOC2CCNCC2)c(=O)[nH]1. The second-order valence-corrected chi connectivity index (χ2v) is 6.39. The lowest BCUT2D eigenvalue weighted by Gasteiger charge is -2.22. The summed E-state index contributed by atoms with van der Waals surface area (Å²) in [6.45, 7) is 2.07. The summed E-state index contributed by atoms with van der Waals surface area (Å²) in [7, 11) is -3.97. The molecule has 118 valence electrons. The first-order valence-corrected chi connectivity index (χ1v) is 8.11. The van der Waals surface area contributed by atoms with Crippen LogP contribution in [0.3, 0.4) is 0 Å². The highest BCUT2D eigenvalue weighted by Gasteiger charge is 2.19. The summed E-state index contributed by atoms with van der Waals surface area (Å²) in [5.74, 6) is 0. The van der Waals surface area contributed by atoms with E-state index in [4.69, 9.17) is 4.74 Å². The lowest BCUT2D eigenvalue weighted by atomic mass is 10.1. The second kappa shape index (κ2) is 6.98. The van der Waals surface area contributed by atoms with E-state index in [0.29, 0.717) is 0 Å². The van der Waals surface area contributed by atoms with Gasteiger partial charge in [0, 0.05) is 12.7 Å². The highest BCUT2D eigenvalue weighted by atomic mass is 32.2. The maximum atomic E-state index is 11.9. The molecule has 0 saturated carbocycles. The Hall–Kier alpha value is -1.49. The highest BCUT2D eigenvalue weighted by Crippen LogP contribution is 2.06. The van der Waals surface area contributed by atoms with Gasteiger partial charge in [0.15, 0.2) is 4.90 Å². The summed E-state index contributed by atoms with van der Waals surface area (Å²) < 4.78 is 31.6. The molecule has 0 unspecified atom stereocenters. The van der Waals surface area contributed by atoms with Crippen molar-refractivity contribution in [2.24, 2.45) is 0 Å². The molecule has 10 heteroatoms. The van der Waals surface area contributed by atoms with Crippen molar-refractivity contribution in [2.75, 3.05) is 26.2 Å². The highest BCUT2D eigenvalue weighted by molar-refractivity contribution is 7.89. The molecule has 1 aromatic rings. The second-order valence-electron chi connectivity index (χ2n) is 4.65. The van der Waals surface area contributed by atoms with Gasteiger partial charge >= 0.3 is 5.69 Å². The average molecular weight is 318 g/mol. The number of aromatic nitrogens is 2. The molecule has 2 heterocycles. The summed E-state index contributed by atoms with van der Waals surface area (Å²) in [5.41, 5.74) is -1.71. The topological polar surface area (TPSA) is 133 Å². The number of sulfonamides is 1. The Bertz CT molecular complexity index is 674. The molecule has 0 aliphatic carbocycles. The number of nitrogens with one attached hydrogen (secondary N) is 4. The molecular formula is C11H18N4O5S. The van der Waals surface area contributed by atoms with Crippen LogP contribution in [0.1, 0.15) is 12.8 Å². The van der Waals surface area contributed by atoms with Crippen LogP contribution < -0.4 is 21.3 Å². The normalized spacial score (nSPS) is 17.0. The predicted molar refractivity (Wildman–Crippen MR) is 74.7 cm³/mol. The van der Waals surface area contributed by atoms with Crippen LogP contribution in [-0.4, -0.2) is 50.7 Å². The molecule has 1 saturated heterocycles. The fourth-order valence-electron chi connectivity index (χ4n) is 2.04. The van der Waals surface area contributed by atoms with Crippen LogP contribution in [0.4, 0.5) is 0 Å². The fraction of sp³-hybridized carbons (Fsp3) is 0.636. The lowest BCUT2D eigenvalue weighted by molar-refractivity contribution is 0.0367. The van der Waals surface area contributed by atoms with Gasteiger partial charge < -0.3 is 15.0 Å². The molecular weight excluding hydrogens is 300 g/mol. The molecule has 0 atom stereocenters. The molecule has 4 N–H and O–H groups in total. The molecule has 1 aliphatic rings. The quantitative estimate of drug-likeness (QED) is 0.453. The third kappa shape index (κ3) is 4.49. The van der Waals surface area contributed by atoms with E-state index in [9.17, 15) is 18.0 Å². The minimum Gasteiger partial charge on any atom is -0.377 e. The summed E-state index contributed by atoms with van der Waals surface area (Å²) in [5, 5.41) is 3.20. The van der Waals surface area contributed by atoms with Crippen molar-refractivity contribution < 1.29 is 13.2 Å². The van der Waals surface area contributed by atoms with E-state index in [0.717, 1.165) is 32.1 Å². The lowest BCUT2D eigenvalue weighted by Crippen LogP contribution is -2.36. The zero-order chi connectivity index (χ0) is 15.3. The number of ether oxygens (including phenoxy) is 1. The first-order chi connectivity index (χ1) is 9.99. The van der Waals surface area contributed by atoms with Crippen molar-refractivity contribution in [1.29, 1.82) is 0 Å². The van der Waals surface area contributed by atoms with E-state index in [2.05, 4.69) is 15.0 Å². The molecule has 0 spiro atoms. The molecule has 0 amide bonds. The smallest absolute Gasteiger partial charge is 0.325 e. The van der Waals surface area contributed by atoms with Crippen molar-refractivity contribution in [2.45, 2.75) is 23.8 Å².